The van der Waals surface area contributed by atoms with Crippen molar-refractivity contribution < 1.29 is 14.3 Å². The summed E-state index contributed by atoms with van der Waals surface area (Å²) in [5, 5.41) is 1.74. The SMILES string of the molecule is Cc1ncc(OC(=O)C(C)C)c2ccc(Oc3ccccc3)cc12. The Morgan fingerprint density at radius 3 is 2.46 bits per heavy atom. The first-order chi connectivity index (χ1) is 11.5. The largest absolute Gasteiger partial charge is 0.457 e. The summed E-state index contributed by atoms with van der Waals surface area (Å²) in [6.07, 6.45) is 1.59. The molecule has 3 rings (SSSR count). The first kappa shape index (κ1) is 16.0. The maximum atomic E-state index is 11.9. The lowest BCUT2D eigenvalue weighted by molar-refractivity contribution is -0.137. The number of benzene rings is 2. The summed E-state index contributed by atoms with van der Waals surface area (Å²) in [4.78, 5) is 16.2. The number of aromatic nitrogens is 1. The van der Waals surface area contributed by atoms with E-state index in [-0.39, 0.29) is 11.9 Å². The van der Waals surface area contributed by atoms with Gasteiger partial charge in [0.25, 0.3) is 0 Å². The predicted molar refractivity (Wildman–Crippen MR) is 93.5 cm³/mol. The molecule has 1 heterocycles. The molecule has 0 aliphatic rings. The molecule has 3 aromatic rings. The van der Waals surface area contributed by atoms with E-state index in [2.05, 4.69) is 4.98 Å². The molecular weight excluding hydrogens is 302 g/mol. The smallest absolute Gasteiger partial charge is 0.313 e. The van der Waals surface area contributed by atoms with E-state index >= 15 is 0 Å². The molecule has 1 aromatic heterocycles. The fourth-order valence-corrected chi connectivity index (χ4v) is 2.33. The highest BCUT2D eigenvalue weighted by Crippen LogP contribution is 2.32. The Morgan fingerprint density at radius 2 is 1.75 bits per heavy atom. The molecule has 0 aliphatic carbocycles. The number of rotatable bonds is 4. The Balaban J connectivity index is 1.97. The number of carbonyl (C=O) groups excluding carboxylic acids is 1. The molecule has 0 amide bonds. The fraction of sp³-hybridized carbons (Fsp3) is 0.200. The molecule has 0 saturated carbocycles. The number of pyridine rings is 1. The Kier molecular flexibility index (Phi) is 4.47. The van der Waals surface area contributed by atoms with E-state index in [1.807, 2.05) is 55.5 Å². The summed E-state index contributed by atoms with van der Waals surface area (Å²) in [6.45, 7) is 5.53. The molecule has 24 heavy (non-hydrogen) atoms. The molecule has 0 fully saturated rings. The van der Waals surface area contributed by atoms with Gasteiger partial charge in [0.1, 0.15) is 11.5 Å². The van der Waals surface area contributed by atoms with Crippen molar-refractivity contribution in [3.8, 4) is 17.2 Å². The first-order valence-corrected chi connectivity index (χ1v) is 7.88. The summed E-state index contributed by atoms with van der Waals surface area (Å²) < 4.78 is 11.3. The Labute approximate surface area is 141 Å². The van der Waals surface area contributed by atoms with Gasteiger partial charge < -0.3 is 9.47 Å². The number of aryl methyl sites for hydroxylation is 1. The van der Waals surface area contributed by atoms with Gasteiger partial charge in [0, 0.05) is 16.5 Å². The minimum absolute atomic E-state index is 0.193. The molecule has 0 saturated heterocycles. The molecule has 0 unspecified atom stereocenters. The summed E-state index contributed by atoms with van der Waals surface area (Å²) in [7, 11) is 0. The lowest BCUT2D eigenvalue weighted by Gasteiger charge is -2.12. The van der Waals surface area contributed by atoms with Gasteiger partial charge in [-0.25, -0.2) is 0 Å². The standard InChI is InChI=1S/C20H19NO3/c1-13(2)20(22)24-19-12-21-14(3)18-11-16(9-10-17(18)19)23-15-7-5-4-6-8-15/h4-13H,1-3H3. The van der Waals surface area contributed by atoms with Crippen LogP contribution in [0, 0.1) is 12.8 Å². The highest BCUT2D eigenvalue weighted by atomic mass is 16.5. The molecule has 4 nitrogen and oxygen atoms in total. The van der Waals surface area contributed by atoms with E-state index in [1.165, 1.54) is 0 Å². The summed E-state index contributed by atoms with van der Waals surface area (Å²) >= 11 is 0. The summed E-state index contributed by atoms with van der Waals surface area (Å²) in [5.41, 5.74) is 0.854. The van der Waals surface area contributed by atoms with E-state index < -0.39 is 0 Å². The average Bonchev–Trinajstić information content (AvgIpc) is 2.58. The number of carbonyl (C=O) groups is 1. The van der Waals surface area contributed by atoms with Crippen LogP contribution in [0.2, 0.25) is 0 Å². The van der Waals surface area contributed by atoms with Gasteiger partial charge in [0.15, 0.2) is 5.75 Å². The third kappa shape index (κ3) is 3.38. The highest BCUT2D eigenvalue weighted by molar-refractivity contribution is 5.92. The fourth-order valence-electron chi connectivity index (χ4n) is 2.33. The van der Waals surface area contributed by atoms with Crippen molar-refractivity contribution in [3.63, 3.8) is 0 Å². The highest BCUT2D eigenvalue weighted by Gasteiger charge is 2.14. The maximum Gasteiger partial charge on any atom is 0.313 e. The lowest BCUT2D eigenvalue weighted by atomic mass is 10.1. The van der Waals surface area contributed by atoms with Gasteiger partial charge in [-0.15, -0.1) is 0 Å². The van der Waals surface area contributed by atoms with E-state index in [4.69, 9.17) is 9.47 Å². The molecule has 0 atom stereocenters. The third-order valence-corrected chi connectivity index (χ3v) is 3.68. The van der Waals surface area contributed by atoms with Crippen molar-refractivity contribution in [1.29, 1.82) is 0 Å². The minimum atomic E-state index is -0.272. The van der Waals surface area contributed by atoms with E-state index in [0.717, 1.165) is 22.2 Å². The van der Waals surface area contributed by atoms with E-state index in [9.17, 15) is 4.79 Å². The van der Waals surface area contributed by atoms with Gasteiger partial charge in [0.05, 0.1) is 12.1 Å². The molecule has 0 bridgehead atoms. The van der Waals surface area contributed by atoms with Gasteiger partial charge in [-0.3, -0.25) is 9.78 Å². The zero-order chi connectivity index (χ0) is 17.1. The Morgan fingerprint density at radius 1 is 1.00 bits per heavy atom. The second-order valence-corrected chi connectivity index (χ2v) is 5.91. The number of esters is 1. The first-order valence-electron chi connectivity index (χ1n) is 7.88. The maximum absolute atomic E-state index is 11.9. The number of fused-ring (bicyclic) bond motifs is 1. The monoisotopic (exact) mass is 321 g/mol. The van der Waals surface area contributed by atoms with E-state index in [1.54, 1.807) is 20.0 Å². The van der Waals surface area contributed by atoms with Gasteiger partial charge in [-0.2, -0.15) is 0 Å². The molecular formula is C20H19NO3. The minimum Gasteiger partial charge on any atom is -0.457 e. The average molecular weight is 321 g/mol. The number of para-hydroxylation sites is 1. The van der Waals surface area contributed by atoms with Crippen LogP contribution in [0.25, 0.3) is 10.8 Å². The Hall–Kier alpha value is -2.88. The summed E-state index contributed by atoms with van der Waals surface area (Å²) in [5.74, 6) is 1.49. The van der Waals surface area contributed by atoms with Crippen molar-refractivity contribution in [2.45, 2.75) is 20.8 Å². The number of ether oxygens (including phenoxy) is 2. The normalized spacial score (nSPS) is 10.8. The third-order valence-electron chi connectivity index (χ3n) is 3.68. The summed E-state index contributed by atoms with van der Waals surface area (Å²) in [6, 6.07) is 15.3. The van der Waals surface area contributed by atoms with Crippen LogP contribution in [0.5, 0.6) is 17.2 Å². The van der Waals surface area contributed by atoms with Crippen molar-refractivity contribution >= 4 is 16.7 Å². The predicted octanol–water partition coefficient (Wildman–Crippen LogP) is 4.90. The van der Waals surface area contributed by atoms with Crippen LogP contribution in [0.3, 0.4) is 0 Å². The molecule has 0 spiro atoms. The van der Waals surface area contributed by atoms with Crippen LogP contribution in [-0.2, 0) is 4.79 Å². The topological polar surface area (TPSA) is 48.4 Å². The van der Waals surface area contributed by atoms with Crippen molar-refractivity contribution in [3.05, 3.63) is 60.4 Å². The van der Waals surface area contributed by atoms with Crippen molar-refractivity contribution in [2.75, 3.05) is 0 Å². The Bertz CT molecular complexity index is 873. The second-order valence-electron chi connectivity index (χ2n) is 5.91. The van der Waals surface area contributed by atoms with Gasteiger partial charge in [-0.05, 0) is 37.3 Å². The number of hydrogen-bond donors (Lipinski definition) is 0. The molecule has 0 N–H and O–H groups in total. The van der Waals surface area contributed by atoms with E-state index in [0.29, 0.717) is 11.5 Å². The molecule has 0 aliphatic heterocycles. The van der Waals surface area contributed by atoms with Crippen LogP contribution in [-0.4, -0.2) is 11.0 Å². The molecule has 0 radical (unpaired) electrons. The molecule has 122 valence electrons. The molecule has 4 heteroatoms. The lowest BCUT2D eigenvalue weighted by Crippen LogP contribution is -2.15. The van der Waals surface area contributed by atoms with Crippen LogP contribution >= 0.6 is 0 Å². The van der Waals surface area contributed by atoms with Crippen molar-refractivity contribution in [1.82, 2.24) is 4.98 Å². The van der Waals surface area contributed by atoms with Crippen LogP contribution in [0.1, 0.15) is 19.5 Å². The van der Waals surface area contributed by atoms with Gasteiger partial charge in [0.2, 0.25) is 0 Å². The number of nitrogens with zero attached hydrogens (tertiary/aromatic N) is 1. The van der Waals surface area contributed by atoms with Crippen LogP contribution in [0.4, 0.5) is 0 Å². The zero-order valence-corrected chi connectivity index (χ0v) is 13.9. The quantitative estimate of drug-likeness (QED) is 0.641. The van der Waals surface area contributed by atoms with Gasteiger partial charge >= 0.3 is 5.97 Å². The molecule has 2 aromatic carbocycles. The van der Waals surface area contributed by atoms with Crippen LogP contribution < -0.4 is 9.47 Å². The van der Waals surface area contributed by atoms with Crippen LogP contribution in [0.15, 0.2) is 54.7 Å². The van der Waals surface area contributed by atoms with Crippen molar-refractivity contribution in [2.24, 2.45) is 5.92 Å². The van der Waals surface area contributed by atoms with Gasteiger partial charge in [-0.1, -0.05) is 32.0 Å². The zero-order valence-electron chi connectivity index (χ0n) is 13.9. The number of hydrogen-bond acceptors (Lipinski definition) is 4. The second kappa shape index (κ2) is 6.71.